The van der Waals surface area contributed by atoms with Crippen molar-refractivity contribution >= 4 is 15.5 Å². The summed E-state index contributed by atoms with van der Waals surface area (Å²) < 4.78 is 30.7. The molecule has 0 unspecified atom stereocenters. The lowest BCUT2D eigenvalue weighted by Gasteiger charge is -2.08. The van der Waals surface area contributed by atoms with Crippen molar-refractivity contribution in [2.45, 2.75) is 24.2 Å². The van der Waals surface area contributed by atoms with E-state index >= 15 is 0 Å². The summed E-state index contributed by atoms with van der Waals surface area (Å²) in [6.07, 6.45) is 11.9. The maximum absolute atomic E-state index is 11.7. The van der Waals surface area contributed by atoms with Gasteiger partial charge in [0, 0.05) is 18.9 Å². The molecule has 6 nitrogen and oxygen atoms in total. The minimum atomic E-state index is -3.25. The van der Waals surface area contributed by atoms with Crippen LogP contribution < -0.4 is 0 Å². The van der Waals surface area contributed by atoms with Crippen LogP contribution in [-0.4, -0.2) is 42.5 Å². The fourth-order valence-electron chi connectivity index (χ4n) is 2.44. The van der Waals surface area contributed by atoms with Crippen molar-refractivity contribution in [1.29, 1.82) is 0 Å². The van der Waals surface area contributed by atoms with Gasteiger partial charge in [-0.25, -0.2) is 8.42 Å². The average molecular weight is 333 g/mol. The first kappa shape index (κ1) is 15.9. The second kappa shape index (κ2) is 6.64. The molecule has 3 rings (SSSR count). The Hall–Kier alpha value is -1.99. The van der Waals surface area contributed by atoms with E-state index in [0.717, 1.165) is 12.8 Å². The van der Waals surface area contributed by atoms with Crippen LogP contribution in [0.2, 0.25) is 0 Å². The molecule has 122 valence electrons. The van der Waals surface area contributed by atoms with E-state index in [1.54, 1.807) is 22.7 Å². The van der Waals surface area contributed by atoms with Gasteiger partial charge in [-0.2, -0.15) is 0 Å². The molecule has 0 radical (unpaired) electrons. The Balaban J connectivity index is 1.66. The van der Waals surface area contributed by atoms with E-state index in [0.29, 0.717) is 31.1 Å². The summed E-state index contributed by atoms with van der Waals surface area (Å²) in [5, 5.41) is 8.16. The van der Waals surface area contributed by atoms with E-state index in [4.69, 9.17) is 4.74 Å². The van der Waals surface area contributed by atoms with Crippen molar-refractivity contribution in [2.24, 2.45) is 0 Å². The second-order valence-electron chi connectivity index (χ2n) is 5.54. The molecule has 0 saturated carbocycles. The van der Waals surface area contributed by atoms with Crippen molar-refractivity contribution in [3.8, 4) is 0 Å². The van der Waals surface area contributed by atoms with E-state index in [1.165, 1.54) is 11.8 Å². The topological polar surface area (TPSA) is 73.6 Å². The van der Waals surface area contributed by atoms with Gasteiger partial charge in [0.05, 0.1) is 18.1 Å². The fraction of sp³-hybridized carbons (Fsp3) is 0.375. The number of sulfone groups is 1. The van der Waals surface area contributed by atoms with Gasteiger partial charge in [-0.15, -0.1) is 10.2 Å². The third kappa shape index (κ3) is 3.86. The number of hydrogen-bond donors (Lipinski definition) is 0. The van der Waals surface area contributed by atoms with Crippen LogP contribution in [0, 0.1) is 0 Å². The first-order chi connectivity index (χ1) is 11.0. The zero-order chi connectivity index (χ0) is 16.3. The minimum absolute atomic E-state index is 0.254. The third-order valence-electron chi connectivity index (χ3n) is 3.68. The van der Waals surface area contributed by atoms with Crippen molar-refractivity contribution in [2.75, 3.05) is 19.5 Å². The third-order valence-corrected chi connectivity index (χ3v) is 4.78. The molecule has 0 atom stereocenters. The van der Waals surface area contributed by atoms with Crippen LogP contribution >= 0.6 is 0 Å². The molecular weight excluding hydrogens is 314 g/mol. The van der Waals surface area contributed by atoms with Crippen LogP contribution in [0.15, 0.2) is 47.0 Å². The summed E-state index contributed by atoms with van der Waals surface area (Å²) in [6, 6.07) is 3.20. The lowest BCUT2D eigenvalue weighted by atomic mass is 10.1. The first-order valence-electron chi connectivity index (χ1n) is 7.51. The lowest BCUT2D eigenvalue weighted by molar-refractivity contribution is 0.159. The van der Waals surface area contributed by atoms with Gasteiger partial charge in [-0.3, -0.25) is 4.40 Å². The molecule has 1 aliphatic carbocycles. The van der Waals surface area contributed by atoms with E-state index in [1.807, 2.05) is 0 Å². The Labute approximate surface area is 135 Å². The summed E-state index contributed by atoms with van der Waals surface area (Å²) in [7, 11) is -3.25. The van der Waals surface area contributed by atoms with Gasteiger partial charge in [-0.1, -0.05) is 18.2 Å². The Morgan fingerprint density at radius 3 is 2.87 bits per heavy atom. The fourth-order valence-corrected chi connectivity index (χ4v) is 3.05. The van der Waals surface area contributed by atoms with Crippen molar-refractivity contribution in [1.82, 2.24) is 14.6 Å². The van der Waals surface area contributed by atoms with Gasteiger partial charge in [0.15, 0.2) is 15.5 Å². The molecule has 7 heteroatoms. The van der Waals surface area contributed by atoms with Gasteiger partial charge in [0.1, 0.15) is 5.82 Å². The Morgan fingerprint density at radius 2 is 2.13 bits per heavy atom. The Morgan fingerprint density at radius 1 is 1.26 bits per heavy atom. The maximum atomic E-state index is 11.7. The summed E-state index contributed by atoms with van der Waals surface area (Å²) in [5.41, 5.74) is 1.83. The molecule has 0 N–H and O–H groups in total. The molecule has 2 aromatic heterocycles. The largest absolute Gasteiger partial charge is 0.376 e. The zero-order valence-corrected chi connectivity index (χ0v) is 13.8. The highest BCUT2D eigenvalue weighted by atomic mass is 32.2. The quantitative estimate of drug-likeness (QED) is 0.756. The predicted octanol–water partition coefficient (Wildman–Crippen LogP) is 1.97. The van der Waals surface area contributed by atoms with Crippen molar-refractivity contribution < 1.29 is 13.2 Å². The molecule has 0 amide bonds. The van der Waals surface area contributed by atoms with E-state index in [-0.39, 0.29) is 4.90 Å². The molecular formula is C16H19N3O3S. The average Bonchev–Trinajstić information content (AvgIpc) is 2.94. The highest BCUT2D eigenvalue weighted by Crippen LogP contribution is 2.13. The Bertz CT molecular complexity index is 866. The number of fused-ring (bicyclic) bond motifs is 1. The number of allylic oxidation sites excluding steroid dienone is 2. The molecule has 0 spiro atoms. The number of ether oxygens (including phenoxy) is 1. The van der Waals surface area contributed by atoms with Crippen molar-refractivity contribution in [3.05, 3.63) is 48.0 Å². The summed E-state index contributed by atoms with van der Waals surface area (Å²) in [5.74, 6) is 0.693. The van der Waals surface area contributed by atoms with Gasteiger partial charge in [0.2, 0.25) is 0 Å². The van der Waals surface area contributed by atoms with Gasteiger partial charge < -0.3 is 4.74 Å². The molecule has 0 aromatic carbocycles. The van der Waals surface area contributed by atoms with Crippen LogP contribution in [-0.2, 0) is 21.0 Å². The second-order valence-corrected chi connectivity index (χ2v) is 7.56. The summed E-state index contributed by atoms with van der Waals surface area (Å²) in [4.78, 5) is 0.254. The van der Waals surface area contributed by atoms with Crippen LogP contribution in [0.5, 0.6) is 0 Å². The number of aromatic nitrogens is 3. The standard InChI is InChI=1S/C16H19N3O3S/c1-23(20,21)14-7-8-15-17-18-16(19(15)11-14)9-10-22-12-13-5-3-2-4-6-13/h3,5-8,11H,2,4,9-10,12H2,1H3. The first-order valence-corrected chi connectivity index (χ1v) is 9.40. The Kier molecular flexibility index (Phi) is 4.58. The lowest BCUT2D eigenvalue weighted by Crippen LogP contribution is -2.06. The van der Waals surface area contributed by atoms with Crippen LogP contribution in [0.3, 0.4) is 0 Å². The van der Waals surface area contributed by atoms with E-state index in [9.17, 15) is 8.42 Å². The van der Waals surface area contributed by atoms with E-state index in [2.05, 4.69) is 28.4 Å². The maximum Gasteiger partial charge on any atom is 0.176 e. The van der Waals surface area contributed by atoms with E-state index < -0.39 is 9.84 Å². The zero-order valence-electron chi connectivity index (χ0n) is 13.0. The van der Waals surface area contributed by atoms with Crippen LogP contribution in [0.25, 0.3) is 5.65 Å². The van der Waals surface area contributed by atoms with Gasteiger partial charge >= 0.3 is 0 Å². The number of nitrogens with zero attached hydrogens (tertiary/aromatic N) is 3. The number of pyridine rings is 1. The SMILES string of the molecule is CS(=O)(=O)c1ccc2nnc(CCOCC3=CCCC=C3)n2c1. The van der Waals surface area contributed by atoms with Gasteiger partial charge in [0.25, 0.3) is 0 Å². The summed E-state index contributed by atoms with van der Waals surface area (Å²) >= 11 is 0. The molecule has 0 bridgehead atoms. The molecule has 2 aromatic rings. The molecule has 2 heterocycles. The number of hydrogen-bond acceptors (Lipinski definition) is 5. The summed E-state index contributed by atoms with van der Waals surface area (Å²) in [6.45, 7) is 1.09. The highest BCUT2D eigenvalue weighted by Gasteiger charge is 2.11. The normalized spacial score (nSPS) is 15.1. The molecule has 0 aliphatic heterocycles. The van der Waals surface area contributed by atoms with Crippen LogP contribution in [0.1, 0.15) is 18.7 Å². The highest BCUT2D eigenvalue weighted by molar-refractivity contribution is 7.90. The molecule has 23 heavy (non-hydrogen) atoms. The monoisotopic (exact) mass is 333 g/mol. The molecule has 0 fully saturated rings. The smallest absolute Gasteiger partial charge is 0.176 e. The minimum Gasteiger partial charge on any atom is -0.376 e. The van der Waals surface area contributed by atoms with Gasteiger partial charge in [-0.05, 0) is 30.5 Å². The van der Waals surface area contributed by atoms with Crippen molar-refractivity contribution in [3.63, 3.8) is 0 Å². The number of rotatable bonds is 6. The predicted molar refractivity (Wildman–Crippen MR) is 87.1 cm³/mol. The molecule has 0 saturated heterocycles. The molecule has 1 aliphatic rings. The van der Waals surface area contributed by atoms with Crippen LogP contribution in [0.4, 0.5) is 0 Å².